The maximum absolute atomic E-state index is 5.47. The Balaban J connectivity index is 3.03. The van der Waals surface area contributed by atoms with Gasteiger partial charge in [-0.05, 0) is 24.4 Å². The van der Waals surface area contributed by atoms with Crippen LogP contribution in [0.15, 0.2) is 12.2 Å². The van der Waals surface area contributed by atoms with Crippen LogP contribution in [0.1, 0.15) is 43.3 Å². The van der Waals surface area contributed by atoms with E-state index in [-0.39, 0.29) is 6.04 Å². The van der Waals surface area contributed by atoms with Gasteiger partial charge >= 0.3 is 0 Å². The first-order valence-electron chi connectivity index (χ1n) is 4.51. The summed E-state index contributed by atoms with van der Waals surface area (Å²) in [5.41, 5.74) is 4.70. The molecule has 1 aromatic heterocycles. The number of aromatic nitrogens is 2. The molecule has 1 heterocycles. The van der Waals surface area contributed by atoms with Gasteiger partial charge in [0.1, 0.15) is 0 Å². The molecule has 0 amide bonds. The van der Waals surface area contributed by atoms with Crippen LogP contribution in [0.5, 0.6) is 0 Å². The molecule has 1 rings (SSSR count). The van der Waals surface area contributed by atoms with Gasteiger partial charge in [-0.2, -0.15) is 0 Å². The van der Waals surface area contributed by atoms with E-state index in [2.05, 4.69) is 35.4 Å². The number of nitrogens with zero attached hydrogens (tertiary/aromatic N) is 2. The Bertz CT molecular complexity index is 318. The number of rotatable bonds is 4. The second-order valence-corrected chi connectivity index (χ2v) is 4.41. The summed E-state index contributed by atoms with van der Waals surface area (Å²) in [6.07, 6.45) is 0. The molecular weight excluding hydrogens is 196 g/mol. The number of hydrazine groups is 1. The standard InChI is InChI=1S/C9H16N4S/c1-5(2)7(11-10)9-8(6(3)4)12-13-14-9/h6-7,11H,1,10H2,2-4H3. The average Bonchev–Trinajstić information content (AvgIpc) is 2.53. The minimum Gasteiger partial charge on any atom is -0.271 e. The highest BCUT2D eigenvalue weighted by Gasteiger charge is 2.20. The summed E-state index contributed by atoms with van der Waals surface area (Å²) >= 11 is 1.37. The SMILES string of the molecule is C=C(C)C(NN)c1snnc1C(C)C. The lowest BCUT2D eigenvalue weighted by Crippen LogP contribution is -2.28. The molecule has 0 fully saturated rings. The van der Waals surface area contributed by atoms with Gasteiger partial charge in [0.15, 0.2) is 0 Å². The van der Waals surface area contributed by atoms with Crippen molar-refractivity contribution in [3.05, 3.63) is 22.7 Å². The summed E-state index contributed by atoms with van der Waals surface area (Å²) in [4.78, 5) is 1.06. The van der Waals surface area contributed by atoms with Gasteiger partial charge in [0.05, 0.1) is 16.6 Å². The van der Waals surface area contributed by atoms with E-state index in [4.69, 9.17) is 5.84 Å². The Labute approximate surface area is 88.3 Å². The van der Waals surface area contributed by atoms with Crippen molar-refractivity contribution < 1.29 is 0 Å². The molecule has 3 N–H and O–H groups in total. The molecule has 0 aliphatic carbocycles. The van der Waals surface area contributed by atoms with Crippen molar-refractivity contribution in [3.63, 3.8) is 0 Å². The average molecular weight is 212 g/mol. The Hall–Kier alpha value is -0.780. The van der Waals surface area contributed by atoms with E-state index in [1.807, 2.05) is 6.92 Å². The molecule has 0 bridgehead atoms. The van der Waals surface area contributed by atoms with Crippen molar-refractivity contribution >= 4 is 11.5 Å². The minimum absolute atomic E-state index is 0.0348. The van der Waals surface area contributed by atoms with E-state index in [0.29, 0.717) is 5.92 Å². The predicted molar refractivity (Wildman–Crippen MR) is 58.9 cm³/mol. The number of nitrogens with two attached hydrogens (primary N) is 1. The van der Waals surface area contributed by atoms with Crippen LogP contribution in [0.3, 0.4) is 0 Å². The molecule has 0 spiro atoms. The monoisotopic (exact) mass is 212 g/mol. The van der Waals surface area contributed by atoms with Crippen molar-refractivity contribution in [2.45, 2.75) is 32.7 Å². The molecule has 0 saturated heterocycles. The lowest BCUT2D eigenvalue weighted by atomic mass is 10.0. The maximum atomic E-state index is 5.47. The molecule has 5 heteroatoms. The third kappa shape index (κ3) is 2.17. The van der Waals surface area contributed by atoms with E-state index in [1.54, 1.807) is 0 Å². The van der Waals surface area contributed by atoms with Gasteiger partial charge in [0.25, 0.3) is 0 Å². The van der Waals surface area contributed by atoms with Gasteiger partial charge in [-0.25, -0.2) is 5.43 Å². The zero-order valence-corrected chi connectivity index (χ0v) is 9.56. The molecule has 0 saturated carbocycles. The van der Waals surface area contributed by atoms with Crippen LogP contribution in [-0.2, 0) is 0 Å². The van der Waals surface area contributed by atoms with Gasteiger partial charge in [-0.3, -0.25) is 5.84 Å². The maximum Gasteiger partial charge on any atom is 0.0833 e. The summed E-state index contributed by atoms with van der Waals surface area (Å²) in [5, 5.41) is 4.10. The summed E-state index contributed by atoms with van der Waals surface area (Å²) in [6, 6.07) is -0.0348. The lowest BCUT2D eigenvalue weighted by Gasteiger charge is -2.15. The molecule has 0 aliphatic rings. The highest BCUT2D eigenvalue weighted by Crippen LogP contribution is 2.29. The number of hydrogen-bond acceptors (Lipinski definition) is 5. The normalized spacial score (nSPS) is 13.2. The second-order valence-electron chi connectivity index (χ2n) is 3.62. The molecule has 1 aromatic rings. The molecule has 4 nitrogen and oxygen atoms in total. The van der Waals surface area contributed by atoms with Crippen LogP contribution in [0.4, 0.5) is 0 Å². The number of hydrogen-bond donors (Lipinski definition) is 2. The van der Waals surface area contributed by atoms with Gasteiger partial charge in [0.2, 0.25) is 0 Å². The quantitative estimate of drug-likeness (QED) is 0.453. The van der Waals surface area contributed by atoms with Crippen LogP contribution in [0.2, 0.25) is 0 Å². The van der Waals surface area contributed by atoms with E-state index in [0.717, 1.165) is 16.1 Å². The van der Waals surface area contributed by atoms with Crippen LogP contribution in [0, 0.1) is 0 Å². The van der Waals surface area contributed by atoms with E-state index < -0.39 is 0 Å². The fraction of sp³-hybridized carbons (Fsp3) is 0.556. The first-order valence-corrected chi connectivity index (χ1v) is 5.29. The highest BCUT2D eigenvalue weighted by atomic mass is 32.1. The Morgan fingerprint density at radius 3 is 2.64 bits per heavy atom. The molecule has 0 aliphatic heterocycles. The zero-order chi connectivity index (χ0) is 10.7. The van der Waals surface area contributed by atoms with Crippen molar-refractivity contribution in [2.75, 3.05) is 0 Å². The molecule has 1 atom stereocenters. The van der Waals surface area contributed by atoms with Crippen molar-refractivity contribution in [1.82, 2.24) is 15.0 Å². The van der Waals surface area contributed by atoms with Crippen molar-refractivity contribution in [3.8, 4) is 0 Å². The van der Waals surface area contributed by atoms with Gasteiger partial charge in [-0.1, -0.05) is 30.5 Å². The van der Waals surface area contributed by atoms with Crippen LogP contribution in [-0.4, -0.2) is 9.59 Å². The smallest absolute Gasteiger partial charge is 0.0833 e. The Kier molecular flexibility index (Phi) is 3.74. The van der Waals surface area contributed by atoms with Crippen molar-refractivity contribution in [1.29, 1.82) is 0 Å². The van der Waals surface area contributed by atoms with Gasteiger partial charge < -0.3 is 0 Å². The molecule has 0 aromatic carbocycles. The number of nitrogens with one attached hydrogen (secondary N) is 1. The first kappa shape index (κ1) is 11.3. The molecule has 1 unspecified atom stereocenters. The van der Waals surface area contributed by atoms with Crippen LogP contribution >= 0.6 is 11.5 Å². The fourth-order valence-electron chi connectivity index (χ4n) is 1.25. The third-order valence-electron chi connectivity index (χ3n) is 2.01. The molecule has 0 radical (unpaired) electrons. The fourth-order valence-corrected chi connectivity index (χ4v) is 2.21. The predicted octanol–water partition coefficient (Wildman–Crippen LogP) is 1.74. The van der Waals surface area contributed by atoms with E-state index in [9.17, 15) is 0 Å². The Morgan fingerprint density at radius 1 is 1.57 bits per heavy atom. The molecular formula is C9H16N4S. The molecule has 14 heavy (non-hydrogen) atoms. The zero-order valence-electron chi connectivity index (χ0n) is 8.74. The van der Waals surface area contributed by atoms with Crippen LogP contribution in [0.25, 0.3) is 0 Å². The highest BCUT2D eigenvalue weighted by molar-refractivity contribution is 7.05. The van der Waals surface area contributed by atoms with Gasteiger partial charge in [0, 0.05) is 0 Å². The largest absolute Gasteiger partial charge is 0.271 e. The first-order chi connectivity index (χ1) is 6.57. The topological polar surface area (TPSA) is 63.8 Å². The molecule has 78 valence electrons. The van der Waals surface area contributed by atoms with Crippen LogP contribution < -0.4 is 11.3 Å². The lowest BCUT2D eigenvalue weighted by molar-refractivity contribution is 0.622. The van der Waals surface area contributed by atoms with E-state index in [1.165, 1.54) is 11.5 Å². The Morgan fingerprint density at radius 2 is 2.21 bits per heavy atom. The van der Waals surface area contributed by atoms with E-state index >= 15 is 0 Å². The van der Waals surface area contributed by atoms with Gasteiger partial charge in [-0.15, -0.1) is 5.10 Å². The summed E-state index contributed by atoms with van der Waals surface area (Å²) < 4.78 is 3.95. The third-order valence-corrected chi connectivity index (χ3v) is 2.81. The van der Waals surface area contributed by atoms with Crippen molar-refractivity contribution in [2.24, 2.45) is 5.84 Å². The summed E-state index contributed by atoms with van der Waals surface area (Å²) in [7, 11) is 0. The second kappa shape index (κ2) is 4.63. The summed E-state index contributed by atoms with van der Waals surface area (Å²) in [5.74, 6) is 5.83. The summed E-state index contributed by atoms with van der Waals surface area (Å²) in [6.45, 7) is 10.0. The minimum atomic E-state index is -0.0348.